The van der Waals surface area contributed by atoms with Gasteiger partial charge in [0.25, 0.3) is 0 Å². The molecular formula is C9H14BrF3N2O. The number of nitrogens with zero attached hydrogens (tertiary/aromatic N) is 2. The molecule has 1 saturated heterocycles. The molecule has 1 amide bonds. The van der Waals surface area contributed by atoms with Crippen molar-refractivity contribution in [2.75, 3.05) is 38.1 Å². The summed E-state index contributed by atoms with van der Waals surface area (Å²) in [5.74, 6) is 0.00327. The maximum absolute atomic E-state index is 12.1. The minimum Gasteiger partial charge on any atom is -0.340 e. The number of carbonyl (C=O) groups is 1. The fourth-order valence-corrected chi connectivity index (χ4v) is 1.99. The highest BCUT2D eigenvalue weighted by Gasteiger charge is 2.32. The first-order valence-electron chi connectivity index (χ1n) is 5.05. The second kappa shape index (κ2) is 5.86. The molecule has 0 radical (unpaired) electrons. The highest BCUT2D eigenvalue weighted by Crippen LogP contribution is 2.17. The van der Waals surface area contributed by atoms with Crippen molar-refractivity contribution in [2.24, 2.45) is 0 Å². The van der Waals surface area contributed by atoms with E-state index in [1.54, 1.807) is 4.90 Å². The predicted octanol–water partition coefficient (Wildman–Crippen LogP) is 1.48. The summed E-state index contributed by atoms with van der Waals surface area (Å²) >= 11 is 3.16. The predicted molar refractivity (Wildman–Crippen MR) is 57.5 cm³/mol. The van der Waals surface area contributed by atoms with Crippen LogP contribution in [0.15, 0.2) is 0 Å². The van der Waals surface area contributed by atoms with Gasteiger partial charge in [0.15, 0.2) is 0 Å². The van der Waals surface area contributed by atoms with Crippen molar-refractivity contribution < 1.29 is 18.0 Å². The Bertz CT molecular complexity index is 239. The van der Waals surface area contributed by atoms with Crippen molar-refractivity contribution in [2.45, 2.75) is 12.6 Å². The first-order chi connectivity index (χ1) is 7.42. The SMILES string of the molecule is O=C(CCBr)N1CCN(CC(F)(F)F)CC1. The second-order valence-electron chi connectivity index (χ2n) is 3.71. The molecule has 1 fully saturated rings. The van der Waals surface area contributed by atoms with Crippen LogP contribution in [0, 0.1) is 0 Å². The first kappa shape index (κ1) is 13.8. The van der Waals surface area contributed by atoms with Gasteiger partial charge in [-0.25, -0.2) is 0 Å². The van der Waals surface area contributed by atoms with E-state index in [1.807, 2.05) is 0 Å². The highest BCUT2D eigenvalue weighted by atomic mass is 79.9. The van der Waals surface area contributed by atoms with E-state index in [1.165, 1.54) is 4.90 Å². The fourth-order valence-electron chi connectivity index (χ4n) is 1.65. The lowest BCUT2D eigenvalue weighted by Crippen LogP contribution is -2.50. The normalized spacial score (nSPS) is 18.9. The minimum absolute atomic E-state index is 0.00327. The maximum atomic E-state index is 12.1. The zero-order chi connectivity index (χ0) is 12.2. The van der Waals surface area contributed by atoms with Crippen LogP contribution < -0.4 is 0 Å². The second-order valence-corrected chi connectivity index (χ2v) is 4.50. The molecule has 94 valence electrons. The van der Waals surface area contributed by atoms with Crippen molar-refractivity contribution in [3.63, 3.8) is 0 Å². The summed E-state index contributed by atoms with van der Waals surface area (Å²) in [5, 5.41) is 0.592. The molecule has 1 rings (SSSR count). The molecule has 0 aliphatic carbocycles. The van der Waals surface area contributed by atoms with Crippen molar-refractivity contribution in [3.05, 3.63) is 0 Å². The Labute approximate surface area is 101 Å². The molecule has 1 aliphatic rings. The summed E-state index contributed by atoms with van der Waals surface area (Å²) in [5.41, 5.74) is 0. The topological polar surface area (TPSA) is 23.6 Å². The van der Waals surface area contributed by atoms with Crippen molar-refractivity contribution >= 4 is 21.8 Å². The highest BCUT2D eigenvalue weighted by molar-refractivity contribution is 9.09. The standard InChI is InChI=1S/C9H14BrF3N2O/c10-2-1-8(16)15-5-3-14(4-6-15)7-9(11,12)13/h1-7H2. The summed E-state index contributed by atoms with van der Waals surface area (Å²) in [6.45, 7) is 0.498. The molecule has 1 heterocycles. The third kappa shape index (κ3) is 4.69. The summed E-state index contributed by atoms with van der Waals surface area (Å²) in [4.78, 5) is 14.4. The van der Waals surface area contributed by atoms with E-state index >= 15 is 0 Å². The Balaban J connectivity index is 2.31. The number of amides is 1. The molecule has 0 saturated carbocycles. The molecule has 3 nitrogen and oxygen atoms in total. The van der Waals surface area contributed by atoms with E-state index in [0.717, 1.165) is 0 Å². The van der Waals surface area contributed by atoms with Crippen LogP contribution in [0.5, 0.6) is 0 Å². The first-order valence-corrected chi connectivity index (χ1v) is 6.17. The number of hydrogen-bond donors (Lipinski definition) is 0. The average Bonchev–Trinajstić information content (AvgIpc) is 2.16. The molecule has 7 heteroatoms. The van der Waals surface area contributed by atoms with Crippen LogP contribution in [0.4, 0.5) is 13.2 Å². The van der Waals surface area contributed by atoms with E-state index in [0.29, 0.717) is 37.9 Å². The van der Waals surface area contributed by atoms with Crippen molar-refractivity contribution in [3.8, 4) is 0 Å². The molecule has 0 spiro atoms. The van der Waals surface area contributed by atoms with Gasteiger partial charge in [-0.1, -0.05) is 15.9 Å². The maximum Gasteiger partial charge on any atom is 0.401 e. The van der Waals surface area contributed by atoms with Crippen LogP contribution in [0.1, 0.15) is 6.42 Å². The van der Waals surface area contributed by atoms with Gasteiger partial charge in [0.05, 0.1) is 6.54 Å². The molecular weight excluding hydrogens is 289 g/mol. The largest absolute Gasteiger partial charge is 0.401 e. The molecule has 0 aromatic heterocycles. The van der Waals surface area contributed by atoms with Gasteiger partial charge in [-0.15, -0.1) is 0 Å². The Morgan fingerprint density at radius 3 is 2.19 bits per heavy atom. The third-order valence-electron chi connectivity index (χ3n) is 2.44. The fraction of sp³-hybridized carbons (Fsp3) is 0.889. The van der Waals surface area contributed by atoms with Gasteiger partial charge >= 0.3 is 6.18 Å². The van der Waals surface area contributed by atoms with Gasteiger partial charge in [0, 0.05) is 37.9 Å². The number of halogens is 4. The van der Waals surface area contributed by atoms with Crippen LogP contribution >= 0.6 is 15.9 Å². The zero-order valence-corrected chi connectivity index (χ0v) is 10.4. The van der Waals surface area contributed by atoms with Crippen LogP contribution in [0.25, 0.3) is 0 Å². The molecule has 1 aliphatic heterocycles. The van der Waals surface area contributed by atoms with Gasteiger partial charge < -0.3 is 4.90 Å². The van der Waals surface area contributed by atoms with Crippen molar-refractivity contribution in [1.29, 1.82) is 0 Å². The lowest BCUT2D eigenvalue weighted by atomic mass is 10.3. The van der Waals surface area contributed by atoms with Gasteiger partial charge in [-0.3, -0.25) is 9.69 Å². The van der Waals surface area contributed by atoms with E-state index in [9.17, 15) is 18.0 Å². The van der Waals surface area contributed by atoms with Crippen molar-refractivity contribution in [1.82, 2.24) is 9.80 Å². The third-order valence-corrected chi connectivity index (χ3v) is 2.83. The molecule has 0 unspecified atom stereocenters. The summed E-state index contributed by atoms with van der Waals surface area (Å²) in [7, 11) is 0. The Hall–Kier alpha value is -0.300. The van der Waals surface area contributed by atoms with Crippen LogP contribution in [0.3, 0.4) is 0 Å². The quantitative estimate of drug-likeness (QED) is 0.737. The van der Waals surface area contributed by atoms with E-state index in [-0.39, 0.29) is 5.91 Å². The van der Waals surface area contributed by atoms with Gasteiger partial charge in [-0.05, 0) is 0 Å². The van der Waals surface area contributed by atoms with Crippen LogP contribution in [-0.4, -0.2) is 59.9 Å². The lowest BCUT2D eigenvalue weighted by molar-refractivity contribution is -0.151. The van der Waals surface area contributed by atoms with Gasteiger partial charge in [0.1, 0.15) is 0 Å². The monoisotopic (exact) mass is 302 g/mol. The Morgan fingerprint density at radius 2 is 1.75 bits per heavy atom. The Kier molecular flexibility index (Phi) is 5.04. The smallest absolute Gasteiger partial charge is 0.340 e. The summed E-state index contributed by atoms with van der Waals surface area (Å²) in [6.07, 6.45) is -3.75. The number of alkyl halides is 4. The molecule has 0 N–H and O–H groups in total. The molecule has 0 atom stereocenters. The molecule has 16 heavy (non-hydrogen) atoms. The van der Waals surface area contributed by atoms with Crippen LogP contribution in [-0.2, 0) is 4.79 Å². The number of piperazine rings is 1. The minimum atomic E-state index is -4.15. The lowest BCUT2D eigenvalue weighted by Gasteiger charge is -2.34. The molecule has 0 aromatic rings. The summed E-state index contributed by atoms with van der Waals surface area (Å²) in [6, 6.07) is 0. The Morgan fingerprint density at radius 1 is 1.19 bits per heavy atom. The van der Waals surface area contributed by atoms with Gasteiger partial charge in [0.2, 0.25) is 5.91 Å². The molecule has 0 bridgehead atoms. The number of carbonyl (C=O) groups excluding carboxylic acids is 1. The van der Waals surface area contributed by atoms with Gasteiger partial charge in [-0.2, -0.15) is 13.2 Å². The summed E-state index contributed by atoms with van der Waals surface area (Å²) < 4.78 is 36.3. The average molecular weight is 303 g/mol. The van der Waals surface area contributed by atoms with E-state index < -0.39 is 12.7 Å². The van der Waals surface area contributed by atoms with E-state index in [2.05, 4.69) is 15.9 Å². The molecule has 0 aromatic carbocycles. The van der Waals surface area contributed by atoms with Crippen LogP contribution in [0.2, 0.25) is 0 Å². The van der Waals surface area contributed by atoms with E-state index in [4.69, 9.17) is 0 Å². The zero-order valence-electron chi connectivity index (χ0n) is 8.76. The number of hydrogen-bond acceptors (Lipinski definition) is 2. The number of rotatable bonds is 3.